The molecule has 2 rings (SSSR count). The first-order valence-corrected chi connectivity index (χ1v) is 3.89. The molecule has 0 atom stereocenters. The zero-order valence-corrected chi connectivity index (χ0v) is 7.24. The van der Waals surface area contributed by atoms with Gasteiger partial charge in [0.15, 0.2) is 11.4 Å². The summed E-state index contributed by atoms with van der Waals surface area (Å²) in [7, 11) is 0. The molecule has 4 nitrogen and oxygen atoms in total. The van der Waals surface area contributed by atoms with E-state index < -0.39 is 11.8 Å². The summed E-state index contributed by atoms with van der Waals surface area (Å²) < 4.78 is 18.3. The summed E-state index contributed by atoms with van der Waals surface area (Å²) in [5.41, 5.74) is 0.231. The molecular formula is C9H6FNO3. The highest BCUT2D eigenvalue weighted by atomic mass is 19.1. The summed E-state index contributed by atoms with van der Waals surface area (Å²) in [6.07, 6.45) is 0. The number of aryl methyl sites for hydroxylation is 1. The fourth-order valence-corrected chi connectivity index (χ4v) is 1.30. The highest BCUT2D eigenvalue weighted by Crippen LogP contribution is 2.23. The van der Waals surface area contributed by atoms with Crippen molar-refractivity contribution in [2.75, 3.05) is 0 Å². The third kappa shape index (κ3) is 1.06. The number of carboxylic acid groups (broad SMARTS) is 1. The second-order valence-corrected chi connectivity index (χ2v) is 2.87. The van der Waals surface area contributed by atoms with Crippen LogP contribution in [0.3, 0.4) is 0 Å². The fourth-order valence-electron chi connectivity index (χ4n) is 1.30. The van der Waals surface area contributed by atoms with Gasteiger partial charge in [-0.3, -0.25) is 0 Å². The lowest BCUT2D eigenvalue weighted by Crippen LogP contribution is -2.00. The van der Waals surface area contributed by atoms with Crippen LogP contribution < -0.4 is 0 Å². The quantitative estimate of drug-likeness (QED) is 0.755. The monoisotopic (exact) mass is 195 g/mol. The van der Waals surface area contributed by atoms with Gasteiger partial charge in [0.25, 0.3) is 0 Å². The van der Waals surface area contributed by atoms with Crippen LogP contribution in [-0.2, 0) is 0 Å². The predicted octanol–water partition coefficient (Wildman–Crippen LogP) is 1.97. The molecule has 0 amide bonds. The van der Waals surface area contributed by atoms with Gasteiger partial charge < -0.3 is 9.63 Å². The van der Waals surface area contributed by atoms with Crippen LogP contribution >= 0.6 is 0 Å². The molecule has 0 aliphatic rings. The maximum atomic E-state index is 13.5. The van der Waals surface area contributed by atoms with E-state index in [-0.39, 0.29) is 16.5 Å². The van der Waals surface area contributed by atoms with Crippen molar-refractivity contribution < 1.29 is 18.8 Å². The first kappa shape index (κ1) is 8.68. The number of fused-ring (bicyclic) bond motifs is 1. The highest BCUT2D eigenvalue weighted by molar-refractivity contribution is 5.94. The van der Waals surface area contributed by atoms with Crippen molar-refractivity contribution in [2.24, 2.45) is 0 Å². The molecule has 0 saturated carbocycles. The van der Waals surface area contributed by atoms with Crippen LogP contribution in [0.15, 0.2) is 16.7 Å². The van der Waals surface area contributed by atoms with E-state index in [2.05, 4.69) is 5.16 Å². The number of benzene rings is 1. The van der Waals surface area contributed by atoms with Gasteiger partial charge in [-0.1, -0.05) is 5.16 Å². The Morgan fingerprint density at radius 2 is 2.29 bits per heavy atom. The van der Waals surface area contributed by atoms with Crippen LogP contribution in [0.5, 0.6) is 0 Å². The Labute approximate surface area is 77.9 Å². The van der Waals surface area contributed by atoms with E-state index in [9.17, 15) is 9.18 Å². The van der Waals surface area contributed by atoms with Crippen molar-refractivity contribution in [3.05, 3.63) is 29.2 Å². The van der Waals surface area contributed by atoms with Gasteiger partial charge in [0.2, 0.25) is 0 Å². The first-order valence-electron chi connectivity index (χ1n) is 3.89. The van der Waals surface area contributed by atoms with Crippen LogP contribution in [0.4, 0.5) is 4.39 Å². The molecule has 0 aliphatic heterocycles. The number of carbonyl (C=O) groups is 1. The normalized spacial score (nSPS) is 10.7. The molecule has 0 spiro atoms. The van der Waals surface area contributed by atoms with E-state index in [1.165, 1.54) is 6.07 Å². The van der Waals surface area contributed by atoms with Crippen molar-refractivity contribution >= 4 is 16.9 Å². The van der Waals surface area contributed by atoms with Crippen LogP contribution in [0.2, 0.25) is 0 Å². The van der Waals surface area contributed by atoms with Crippen LogP contribution in [0.1, 0.15) is 16.1 Å². The molecule has 1 N–H and O–H groups in total. The molecular weight excluding hydrogens is 189 g/mol. The van der Waals surface area contributed by atoms with Crippen molar-refractivity contribution in [1.82, 2.24) is 5.16 Å². The molecule has 2 aromatic rings. The van der Waals surface area contributed by atoms with Crippen LogP contribution in [0.25, 0.3) is 11.0 Å². The average molecular weight is 195 g/mol. The molecule has 1 aromatic carbocycles. The molecule has 0 bridgehead atoms. The Morgan fingerprint density at radius 3 is 2.93 bits per heavy atom. The van der Waals surface area contributed by atoms with E-state index >= 15 is 0 Å². The number of rotatable bonds is 1. The molecule has 0 radical (unpaired) electrons. The number of aromatic nitrogens is 1. The predicted molar refractivity (Wildman–Crippen MR) is 45.7 cm³/mol. The molecule has 1 heterocycles. The Balaban J connectivity index is 2.86. The lowest BCUT2D eigenvalue weighted by atomic mass is 10.1. The second-order valence-electron chi connectivity index (χ2n) is 2.87. The molecule has 72 valence electrons. The maximum absolute atomic E-state index is 13.5. The lowest BCUT2D eigenvalue weighted by Gasteiger charge is -1.96. The molecule has 5 heteroatoms. The number of hydrogen-bond acceptors (Lipinski definition) is 3. The maximum Gasteiger partial charge on any atom is 0.338 e. The van der Waals surface area contributed by atoms with Gasteiger partial charge in [-0.25, -0.2) is 9.18 Å². The van der Waals surface area contributed by atoms with Gasteiger partial charge in [0.05, 0.1) is 16.6 Å². The number of nitrogens with zero attached hydrogens (tertiary/aromatic N) is 1. The zero-order chi connectivity index (χ0) is 10.3. The van der Waals surface area contributed by atoms with Gasteiger partial charge in [0, 0.05) is 0 Å². The molecule has 0 unspecified atom stereocenters. The van der Waals surface area contributed by atoms with Crippen molar-refractivity contribution in [2.45, 2.75) is 6.92 Å². The summed E-state index contributed by atoms with van der Waals surface area (Å²) in [6.45, 7) is 1.56. The van der Waals surface area contributed by atoms with Gasteiger partial charge in [0.1, 0.15) is 0 Å². The Hall–Kier alpha value is -1.91. The van der Waals surface area contributed by atoms with E-state index in [0.29, 0.717) is 5.69 Å². The van der Waals surface area contributed by atoms with Gasteiger partial charge in [-0.2, -0.15) is 0 Å². The smallest absolute Gasteiger partial charge is 0.338 e. The van der Waals surface area contributed by atoms with E-state index in [1.807, 2.05) is 0 Å². The molecule has 0 fully saturated rings. The third-order valence-corrected chi connectivity index (χ3v) is 1.98. The minimum Gasteiger partial charge on any atom is -0.478 e. The Bertz CT molecular complexity index is 518. The average Bonchev–Trinajstić information content (AvgIpc) is 2.48. The van der Waals surface area contributed by atoms with Gasteiger partial charge in [-0.15, -0.1) is 0 Å². The van der Waals surface area contributed by atoms with Gasteiger partial charge >= 0.3 is 5.97 Å². The molecule has 1 aromatic heterocycles. The van der Waals surface area contributed by atoms with Crippen molar-refractivity contribution in [3.63, 3.8) is 0 Å². The molecule has 14 heavy (non-hydrogen) atoms. The Morgan fingerprint density at radius 1 is 1.57 bits per heavy atom. The van der Waals surface area contributed by atoms with Crippen molar-refractivity contribution in [1.29, 1.82) is 0 Å². The molecule has 0 saturated heterocycles. The second kappa shape index (κ2) is 2.80. The Kier molecular flexibility index (Phi) is 1.73. The topological polar surface area (TPSA) is 63.3 Å². The summed E-state index contributed by atoms with van der Waals surface area (Å²) >= 11 is 0. The van der Waals surface area contributed by atoms with Crippen molar-refractivity contribution in [3.8, 4) is 0 Å². The standard InChI is InChI=1S/C9H6FNO3/c1-4-7-6(14-11-4)3-2-5(8(7)10)9(12)13/h2-3H,1H3,(H,12,13). The SMILES string of the molecule is Cc1noc2ccc(C(=O)O)c(F)c12. The highest BCUT2D eigenvalue weighted by Gasteiger charge is 2.17. The van der Waals surface area contributed by atoms with E-state index in [1.54, 1.807) is 6.92 Å². The number of aromatic carboxylic acids is 1. The lowest BCUT2D eigenvalue weighted by molar-refractivity contribution is 0.0692. The summed E-state index contributed by atoms with van der Waals surface area (Å²) in [4.78, 5) is 10.6. The summed E-state index contributed by atoms with van der Waals surface area (Å²) in [6, 6.07) is 2.55. The van der Waals surface area contributed by atoms with E-state index in [0.717, 1.165) is 6.07 Å². The largest absolute Gasteiger partial charge is 0.478 e. The number of halogens is 1. The zero-order valence-electron chi connectivity index (χ0n) is 7.24. The minimum atomic E-state index is -1.30. The summed E-state index contributed by atoms with van der Waals surface area (Å²) in [5, 5.41) is 12.3. The number of hydrogen-bond donors (Lipinski definition) is 1. The van der Waals surface area contributed by atoms with Gasteiger partial charge in [-0.05, 0) is 19.1 Å². The first-order chi connectivity index (χ1) is 6.61. The number of carboxylic acids is 1. The minimum absolute atomic E-state index is 0.130. The van der Waals surface area contributed by atoms with Crippen LogP contribution in [0, 0.1) is 12.7 Å². The van der Waals surface area contributed by atoms with Crippen LogP contribution in [-0.4, -0.2) is 16.2 Å². The van der Waals surface area contributed by atoms with E-state index in [4.69, 9.17) is 9.63 Å². The fraction of sp³-hybridized carbons (Fsp3) is 0.111. The third-order valence-electron chi connectivity index (χ3n) is 1.98. The molecule has 0 aliphatic carbocycles. The summed E-state index contributed by atoms with van der Waals surface area (Å²) in [5.74, 6) is -2.10.